The number of aromatic nitrogens is 1. The Balaban J connectivity index is 2.24. The van der Waals surface area contributed by atoms with Crippen molar-refractivity contribution in [3.63, 3.8) is 0 Å². The Kier molecular flexibility index (Phi) is 3.43. The van der Waals surface area contributed by atoms with Crippen molar-refractivity contribution in [1.29, 1.82) is 0 Å². The van der Waals surface area contributed by atoms with E-state index < -0.39 is 11.8 Å². The number of hydrogen-bond donors (Lipinski definition) is 1. The first-order valence-corrected chi connectivity index (χ1v) is 7.53. The Labute approximate surface area is 128 Å². The van der Waals surface area contributed by atoms with Crippen LogP contribution < -0.4 is 11.1 Å². The number of aryl methyl sites for hydroxylation is 1. The van der Waals surface area contributed by atoms with E-state index in [4.69, 9.17) is 4.42 Å². The summed E-state index contributed by atoms with van der Waals surface area (Å²) in [6.07, 6.45) is 1.23. The molecule has 0 bridgehead atoms. The summed E-state index contributed by atoms with van der Waals surface area (Å²) in [6.45, 7) is 9.81. The normalized spacial score (nSPS) is 19.0. The van der Waals surface area contributed by atoms with Gasteiger partial charge in [0, 0.05) is 5.70 Å². The van der Waals surface area contributed by atoms with Crippen LogP contribution in [0.2, 0.25) is 0 Å². The molecule has 5 nitrogen and oxygen atoms in total. The smallest absolute Gasteiger partial charge is 0.407 e. The molecular weight excluding hydrogens is 280 g/mol. The van der Waals surface area contributed by atoms with Gasteiger partial charge in [-0.25, -0.2) is 4.79 Å². The SMILES string of the molecule is C=C1CCC(n2c(=O)oc3c(C(C)C)ccc(C)c32)C(=O)N1. The van der Waals surface area contributed by atoms with Crippen molar-refractivity contribution >= 4 is 17.0 Å². The number of hydrogen-bond acceptors (Lipinski definition) is 3. The summed E-state index contributed by atoms with van der Waals surface area (Å²) in [6, 6.07) is 3.42. The molecule has 0 radical (unpaired) electrons. The summed E-state index contributed by atoms with van der Waals surface area (Å²) in [7, 11) is 0. The third-order valence-corrected chi connectivity index (χ3v) is 4.25. The molecule has 5 heteroatoms. The average molecular weight is 300 g/mol. The van der Waals surface area contributed by atoms with Gasteiger partial charge in [-0.05, 0) is 36.8 Å². The molecular formula is C17H20N2O3. The number of fused-ring (bicyclic) bond motifs is 1. The van der Waals surface area contributed by atoms with Crippen LogP contribution in [0.1, 0.15) is 49.8 Å². The van der Waals surface area contributed by atoms with E-state index in [1.165, 1.54) is 4.57 Å². The number of nitrogens with zero attached hydrogens (tertiary/aromatic N) is 1. The molecule has 0 spiro atoms. The van der Waals surface area contributed by atoms with Crippen molar-refractivity contribution in [3.8, 4) is 0 Å². The number of rotatable bonds is 2. The first-order chi connectivity index (χ1) is 10.4. The van der Waals surface area contributed by atoms with Gasteiger partial charge in [0.2, 0.25) is 5.91 Å². The highest BCUT2D eigenvalue weighted by Crippen LogP contribution is 2.31. The Morgan fingerprint density at radius 3 is 2.73 bits per heavy atom. The van der Waals surface area contributed by atoms with E-state index in [0.717, 1.165) is 16.6 Å². The van der Waals surface area contributed by atoms with Crippen LogP contribution in [0.25, 0.3) is 11.1 Å². The van der Waals surface area contributed by atoms with Crippen LogP contribution in [-0.4, -0.2) is 10.5 Å². The third kappa shape index (κ3) is 2.17. The number of amides is 1. The molecule has 0 saturated carbocycles. The first-order valence-electron chi connectivity index (χ1n) is 7.53. The molecule has 116 valence electrons. The van der Waals surface area contributed by atoms with Gasteiger partial charge in [-0.2, -0.15) is 0 Å². The van der Waals surface area contributed by atoms with Crippen molar-refractivity contribution in [2.45, 2.75) is 45.6 Å². The standard InChI is InChI=1S/C17H20N2O3/c1-9(2)12-7-5-10(3)14-15(12)22-17(21)19(14)13-8-6-11(4)18-16(13)20/h5,7,9,13H,4,6,8H2,1-3H3,(H,18,20). The lowest BCUT2D eigenvalue weighted by molar-refractivity contribution is -0.124. The molecule has 1 atom stereocenters. The quantitative estimate of drug-likeness (QED) is 0.927. The van der Waals surface area contributed by atoms with Crippen molar-refractivity contribution in [2.75, 3.05) is 0 Å². The zero-order valence-corrected chi connectivity index (χ0v) is 13.1. The maximum absolute atomic E-state index is 12.4. The van der Waals surface area contributed by atoms with E-state index in [9.17, 15) is 9.59 Å². The largest absolute Gasteiger partial charge is 0.420 e. The van der Waals surface area contributed by atoms with Gasteiger partial charge in [-0.3, -0.25) is 9.36 Å². The molecule has 1 aromatic carbocycles. The van der Waals surface area contributed by atoms with E-state index >= 15 is 0 Å². The first kappa shape index (κ1) is 14.6. The molecule has 2 aromatic rings. The molecule has 2 heterocycles. The van der Waals surface area contributed by atoms with Crippen molar-refractivity contribution in [1.82, 2.24) is 9.88 Å². The van der Waals surface area contributed by atoms with Crippen LogP contribution in [0.3, 0.4) is 0 Å². The molecule has 1 fully saturated rings. The lowest BCUT2D eigenvalue weighted by Crippen LogP contribution is -2.39. The van der Waals surface area contributed by atoms with Gasteiger partial charge in [-0.15, -0.1) is 0 Å². The minimum absolute atomic E-state index is 0.199. The van der Waals surface area contributed by atoms with Crippen LogP contribution in [0, 0.1) is 6.92 Å². The lowest BCUT2D eigenvalue weighted by atomic mass is 9.99. The Hall–Kier alpha value is -2.30. The molecule has 3 rings (SSSR count). The second kappa shape index (κ2) is 5.16. The topological polar surface area (TPSA) is 64.2 Å². The van der Waals surface area contributed by atoms with Gasteiger partial charge in [0.05, 0.1) is 5.52 Å². The second-order valence-corrected chi connectivity index (χ2v) is 6.19. The molecule has 1 amide bonds. The van der Waals surface area contributed by atoms with Crippen molar-refractivity contribution in [3.05, 3.63) is 46.1 Å². The van der Waals surface area contributed by atoms with E-state index in [0.29, 0.717) is 24.1 Å². The number of carbonyl (C=O) groups is 1. The highest BCUT2D eigenvalue weighted by Gasteiger charge is 2.30. The highest BCUT2D eigenvalue weighted by molar-refractivity contribution is 5.87. The maximum Gasteiger partial charge on any atom is 0.420 e. The van der Waals surface area contributed by atoms with Gasteiger partial charge >= 0.3 is 5.76 Å². The highest BCUT2D eigenvalue weighted by atomic mass is 16.4. The number of carbonyl (C=O) groups excluding carboxylic acids is 1. The summed E-state index contributed by atoms with van der Waals surface area (Å²) in [5, 5.41) is 2.73. The predicted octanol–water partition coefficient (Wildman–Crippen LogP) is 2.99. The molecule has 1 N–H and O–H groups in total. The molecule has 1 aromatic heterocycles. The summed E-state index contributed by atoms with van der Waals surface area (Å²) < 4.78 is 7.00. The number of benzene rings is 1. The molecule has 1 saturated heterocycles. The molecule has 0 aliphatic carbocycles. The average Bonchev–Trinajstić information content (AvgIpc) is 2.77. The maximum atomic E-state index is 12.4. The number of oxazole rings is 1. The van der Waals surface area contributed by atoms with Gasteiger partial charge < -0.3 is 9.73 Å². The summed E-state index contributed by atoms with van der Waals surface area (Å²) in [4.78, 5) is 24.6. The van der Waals surface area contributed by atoms with Crippen molar-refractivity contribution < 1.29 is 9.21 Å². The summed E-state index contributed by atoms with van der Waals surface area (Å²) in [5.41, 5.74) is 3.93. The lowest BCUT2D eigenvalue weighted by Gasteiger charge is -2.24. The van der Waals surface area contributed by atoms with Crippen LogP contribution >= 0.6 is 0 Å². The van der Waals surface area contributed by atoms with Gasteiger partial charge in [0.1, 0.15) is 6.04 Å². The van der Waals surface area contributed by atoms with Crippen LogP contribution in [0.5, 0.6) is 0 Å². The fourth-order valence-electron chi connectivity index (χ4n) is 3.07. The van der Waals surface area contributed by atoms with E-state index in [2.05, 4.69) is 25.7 Å². The zero-order valence-electron chi connectivity index (χ0n) is 13.1. The minimum atomic E-state index is -0.541. The van der Waals surface area contributed by atoms with Crippen LogP contribution in [-0.2, 0) is 4.79 Å². The van der Waals surface area contributed by atoms with Crippen LogP contribution in [0.4, 0.5) is 0 Å². The molecule has 1 unspecified atom stereocenters. The minimum Gasteiger partial charge on any atom is -0.407 e. The number of nitrogens with one attached hydrogen (secondary N) is 1. The predicted molar refractivity (Wildman–Crippen MR) is 84.9 cm³/mol. The van der Waals surface area contributed by atoms with Crippen molar-refractivity contribution in [2.24, 2.45) is 0 Å². The molecule has 1 aliphatic rings. The Morgan fingerprint density at radius 2 is 2.09 bits per heavy atom. The van der Waals surface area contributed by atoms with Gasteiger partial charge in [-0.1, -0.05) is 32.6 Å². The van der Waals surface area contributed by atoms with E-state index in [-0.39, 0.29) is 11.8 Å². The van der Waals surface area contributed by atoms with E-state index in [1.807, 2.05) is 19.1 Å². The third-order valence-electron chi connectivity index (χ3n) is 4.25. The fourth-order valence-corrected chi connectivity index (χ4v) is 3.07. The second-order valence-electron chi connectivity index (χ2n) is 6.19. The van der Waals surface area contributed by atoms with Gasteiger partial charge in [0.15, 0.2) is 5.58 Å². The monoisotopic (exact) mass is 300 g/mol. The van der Waals surface area contributed by atoms with E-state index in [1.54, 1.807) is 0 Å². The molecule has 22 heavy (non-hydrogen) atoms. The van der Waals surface area contributed by atoms with Gasteiger partial charge in [0.25, 0.3) is 0 Å². The molecule has 1 aliphatic heterocycles. The Morgan fingerprint density at radius 1 is 1.36 bits per heavy atom. The van der Waals surface area contributed by atoms with Crippen LogP contribution in [0.15, 0.2) is 33.6 Å². The zero-order chi connectivity index (χ0) is 16.0. The number of piperidine rings is 1. The Bertz CT molecular complexity index is 826. The summed E-state index contributed by atoms with van der Waals surface area (Å²) in [5.74, 6) is -0.434. The summed E-state index contributed by atoms with van der Waals surface area (Å²) >= 11 is 0. The number of allylic oxidation sites excluding steroid dienone is 1. The fraction of sp³-hybridized carbons (Fsp3) is 0.412.